The Labute approximate surface area is 282 Å². The maximum Gasteiger partial charge on any atom is 0.0696 e. The van der Waals surface area contributed by atoms with Crippen LogP contribution in [0.2, 0.25) is 0 Å². The van der Waals surface area contributed by atoms with Crippen LogP contribution in [0.25, 0.3) is 50.4 Å². The summed E-state index contributed by atoms with van der Waals surface area (Å²) in [6.45, 7) is 13.3. The Morgan fingerprint density at radius 3 is 1.98 bits per heavy atom. The monoisotopic (exact) mass is 616 g/mol. The first-order chi connectivity index (χ1) is 23.5. The molecule has 0 spiro atoms. The van der Waals surface area contributed by atoms with Crippen LogP contribution in [0.3, 0.4) is 0 Å². The number of benzene rings is 5. The van der Waals surface area contributed by atoms with Gasteiger partial charge < -0.3 is 0 Å². The number of aryl methyl sites for hydroxylation is 1. The van der Waals surface area contributed by atoms with E-state index < -0.39 is 0 Å². The molecule has 2 nitrogen and oxygen atoms in total. The second kappa shape index (κ2) is 13.3. The maximum atomic E-state index is 4.62. The van der Waals surface area contributed by atoms with Gasteiger partial charge in [-0.05, 0) is 133 Å². The molecule has 0 fully saturated rings. The molecule has 0 aliphatic heterocycles. The fourth-order valence-corrected chi connectivity index (χ4v) is 6.42. The molecular formula is C46H36N2. The molecule has 0 saturated heterocycles. The predicted molar refractivity (Wildman–Crippen MR) is 205 cm³/mol. The van der Waals surface area contributed by atoms with E-state index in [-0.39, 0.29) is 0 Å². The summed E-state index contributed by atoms with van der Waals surface area (Å²) in [5, 5.41) is 6.94. The van der Waals surface area contributed by atoms with Gasteiger partial charge in [0.15, 0.2) is 0 Å². The first-order valence-corrected chi connectivity index (χ1v) is 16.2. The lowest BCUT2D eigenvalue weighted by atomic mass is 9.88. The van der Waals surface area contributed by atoms with E-state index in [1.165, 1.54) is 32.9 Å². The molecule has 0 atom stereocenters. The van der Waals surface area contributed by atoms with E-state index in [0.29, 0.717) is 0 Å². The molecule has 0 radical (unpaired) electrons. The summed E-state index contributed by atoms with van der Waals surface area (Å²) in [6.07, 6.45) is 7.94. The number of rotatable bonds is 7. The zero-order valence-corrected chi connectivity index (χ0v) is 27.3. The SMILES string of the molecule is C=C(/C=C(\C=C(/C)c1ccccn1)c1ccc(/C(c2ccc3ccccc3c2)=c2/ccc3ccccc3c2=C)c(C)c1)c1ccccn1. The summed E-state index contributed by atoms with van der Waals surface area (Å²) in [6, 6.07) is 46.8. The van der Waals surface area contributed by atoms with Crippen molar-refractivity contribution in [3.63, 3.8) is 0 Å². The van der Waals surface area contributed by atoms with E-state index in [1.807, 2.05) is 42.6 Å². The number of aromatic nitrogens is 2. The number of hydrogen-bond acceptors (Lipinski definition) is 2. The van der Waals surface area contributed by atoms with Crippen molar-refractivity contribution in [3.05, 3.63) is 209 Å². The van der Waals surface area contributed by atoms with Crippen molar-refractivity contribution >= 4 is 50.4 Å². The van der Waals surface area contributed by atoms with E-state index in [1.54, 1.807) is 6.20 Å². The minimum atomic E-state index is 0.846. The summed E-state index contributed by atoms with van der Waals surface area (Å²) >= 11 is 0. The van der Waals surface area contributed by atoms with Crippen LogP contribution in [0.1, 0.15) is 40.6 Å². The molecule has 0 N–H and O–H groups in total. The van der Waals surface area contributed by atoms with Crippen LogP contribution in [-0.4, -0.2) is 9.97 Å². The van der Waals surface area contributed by atoms with Crippen LogP contribution in [0.15, 0.2) is 165 Å². The molecule has 0 aliphatic rings. The minimum absolute atomic E-state index is 0.846. The Morgan fingerprint density at radius 2 is 1.25 bits per heavy atom. The van der Waals surface area contributed by atoms with Gasteiger partial charge in [0.05, 0.1) is 11.4 Å². The Bertz CT molecular complexity index is 2490. The van der Waals surface area contributed by atoms with E-state index in [0.717, 1.165) is 55.1 Å². The Hall–Kier alpha value is -6.12. The molecule has 2 heterocycles. The molecular weight excluding hydrogens is 581 g/mol. The second-order valence-corrected chi connectivity index (χ2v) is 12.2. The number of pyridine rings is 2. The number of fused-ring (bicyclic) bond motifs is 2. The van der Waals surface area contributed by atoms with Gasteiger partial charge in [-0.15, -0.1) is 0 Å². The van der Waals surface area contributed by atoms with Crippen LogP contribution in [0, 0.1) is 6.92 Å². The van der Waals surface area contributed by atoms with Gasteiger partial charge in [-0.1, -0.05) is 116 Å². The lowest BCUT2D eigenvalue weighted by molar-refractivity contribution is 1.27. The molecule has 230 valence electrons. The number of allylic oxidation sites excluding steroid dienone is 5. The van der Waals surface area contributed by atoms with E-state index in [4.69, 9.17) is 0 Å². The molecule has 0 unspecified atom stereocenters. The van der Waals surface area contributed by atoms with Gasteiger partial charge in [-0.2, -0.15) is 0 Å². The first-order valence-electron chi connectivity index (χ1n) is 16.2. The van der Waals surface area contributed by atoms with Gasteiger partial charge in [0, 0.05) is 12.4 Å². The molecule has 2 aromatic heterocycles. The number of nitrogens with zero attached hydrogens (tertiary/aromatic N) is 2. The lowest BCUT2D eigenvalue weighted by Gasteiger charge is -2.16. The molecule has 5 aromatic carbocycles. The summed E-state index contributed by atoms with van der Waals surface area (Å²) in [4.78, 5) is 9.15. The molecule has 48 heavy (non-hydrogen) atoms. The normalized spacial score (nSPS) is 12.7. The van der Waals surface area contributed by atoms with E-state index in [9.17, 15) is 0 Å². The molecule has 0 saturated carbocycles. The van der Waals surface area contributed by atoms with Gasteiger partial charge in [-0.3, -0.25) is 9.97 Å². The van der Waals surface area contributed by atoms with Gasteiger partial charge in [-0.25, -0.2) is 0 Å². The maximum absolute atomic E-state index is 4.62. The van der Waals surface area contributed by atoms with Gasteiger partial charge >= 0.3 is 0 Å². The smallest absolute Gasteiger partial charge is 0.0696 e. The van der Waals surface area contributed by atoms with E-state index in [2.05, 4.69) is 146 Å². The Balaban J connectivity index is 1.43. The fraction of sp³-hybridized carbons (Fsp3) is 0.0435. The zero-order chi connectivity index (χ0) is 33.0. The average Bonchev–Trinajstić information content (AvgIpc) is 3.13. The highest BCUT2D eigenvalue weighted by molar-refractivity contribution is 5.94. The van der Waals surface area contributed by atoms with Crippen LogP contribution >= 0.6 is 0 Å². The van der Waals surface area contributed by atoms with Gasteiger partial charge in [0.25, 0.3) is 0 Å². The highest BCUT2D eigenvalue weighted by atomic mass is 14.7. The highest BCUT2D eigenvalue weighted by Crippen LogP contribution is 2.31. The van der Waals surface area contributed by atoms with Crippen molar-refractivity contribution in [2.45, 2.75) is 13.8 Å². The molecule has 7 rings (SSSR count). The number of hydrogen-bond donors (Lipinski definition) is 0. The lowest BCUT2D eigenvalue weighted by Crippen LogP contribution is -2.27. The van der Waals surface area contributed by atoms with Crippen molar-refractivity contribution in [2.24, 2.45) is 0 Å². The van der Waals surface area contributed by atoms with Crippen molar-refractivity contribution < 1.29 is 0 Å². The summed E-state index contributed by atoms with van der Waals surface area (Å²) in [5.41, 5.74) is 10.5. The minimum Gasteiger partial charge on any atom is -0.257 e. The standard InChI is InChI=1S/C46H36N2/c1-31-27-38(40(28-32(2)44-17-9-11-25-47-44)29-33(3)45-18-10-12-26-48-45)22-23-41(31)46(39-20-19-35-13-5-6-15-37(35)30-39)43-24-21-36-14-7-8-16-42(36)34(43)4/h5-30H,2,4H2,1,3H3/b33-29+,40-28+,46-43-. The van der Waals surface area contributed by atoms with Gasteiger partial charge in [0.1, 0.15) is 0 Å². The third-order valence-corrected chi connectivity index (χ3v) is 8.94. The molecule has 7 aromatic rings. The summed E-state index contributed by atoms with van der Waals surface area (Å²) in [5.74, 6) is 0. The quantitative estimate of drug-likeness (QED) is 0.167. The third-order valence-electron chi connectivity index (χ3n) is 8.94. The van der Waals surface area contributed by atoms with Crippen LogP contribution < -0.4 is 10.4 Å². The third kappa shape index (κ3) is 6.17. The molecule has 0 amide bonds. The Kier molecular flexibility index (Phi) is 8.47. The molecule has 2 heteroatoms. The van der Waals surface area contributed by atoms with Crippen molar-refractivity contribution in [2.75, 3.05) is 0 Å². The van der Waals surface area contributed by atoms with E-state index >= 15 is 0 Å². The molecule has 0 aliphatic carbocycles. The van der Waals surface area contributed by atoms with Crippen LogP contribution in [-0.2, 0) is 0 Å². The molecule has 0 bridgehead atoms. The van der Waals surface area contributed by atoms with Crippen LogP contribution in [0.4, 0.5) is 0 Å². The van der Waals surface area contributed by atoms with Crippen molar-refractivity contribution in [1.82, 2.24) is 9.97 Å². The zero-order valence-electron chi connectivity index (χ0n) is 27.3. The fourth-order valence-electron chi connectivity index (χ4n) is 6.42. The van der Waals surface area contributed by atoms with Crippen LogP contribution in [0.5, 0.6) is 0 Å². The van der Waals surface area contributed by atoms with Crippen molar-refractivity contribution in [1.29, 1.82) is 0 Å². The largest absolute Gasteiger partial charge is 0.257 e. The predicted octanol–water partition coefficient (Wildman–Crippen LogP) is 9.95. The first kappa shape index (κ1) is 30.5. The average molecular weight is 617 g/mol. The summed E-state index contributed by atoms with van der Waals surface area (Å²) in [7, 11) is 0. The topological polar surface area (TPSA) is 25.8 Å². The van der Waals surface area contributed by atoms with Gasteiger partial charge in [0.2, 0.25) is 0 Å². The highest BCUT2D eigenvalue weighted by Gasteiger charge is 2.14. The summed E-state index contributed by atoms with van der Waals surface area (Å²) < 4.78 is 0. The van der Waals surface area contributed by atoms with Crippen molar-refractivity contribution in [3.8, 4) is 0 Å². The second-order valence-electron chi connectivity index (χ2n) is 12.2. The Morgan fingerprint density at radius 1 is 0.604 bits per heavy atom.